The number of rotatable bonds is 6. The molecule has 0 amide bonds. The Morgan fingerprint density at radius 3 is 1.04 bits per heavy atom. The monoisotopic (exact) mass is 987 g/mol. The molecule has 0 saturated carbocycles. The van der Waals surface area contributed by atoms with Crippen molar-refractivity contribution in [1.29, 1.82) is 0 Å². The molecule has 9 nitrogen and oxygen atoms in total. The van der Waals surface area contributed by atoms with Gasteiger partial charge in [0.2, 0.25) is 6.35 Å². The fourth-order valence-electron chi connectivity index (χ4n) is 7.41. The molecule has 2 aromatic heterocycles. The Morgan fingerprint density at radius 1 is 0.491 bits per heavy atom. The number of hydrogen-bond donors (Lipinski definition) is 0. The van der Waals surface area contributed by atoms with E-state index in [0.29, 0.717) is 6.61 Å². The third kappa shape index (κ3) is 10.3. The fraction of sp³-hybridized carbons (Fsp3) is 0.250. The molecule has 57 heavy (non-hydrogen) atoms. The molecule has 0 unspecified atom stereocenters. The summed E-state index contributed by atoms with van der Waals surface area (Å²) < 4.78 is 6.25. The van der Waals surface area contributed by atoms with E-state index in [9.17, 15) is 0 Å². The molecule has 2 aliphatic heterocycles. The minimum atomic E-state index is -0.343. The molecule has 0 fully saturated rings. The topological polar surface area (TPSA) is 73.8 Å². The minimum absolute atomic E-state index is 0.343. The van der Waals surface area contributed by atoms with Crippen LogP contribution in [0.25, 0.3) is 0 Å². The Kier molecular flexibility index (Phi) is 15.7. The van der Waals surface area contributed by atoms with Crippen LogP contribution in [0.1, 0.15) is 51.4 Å². The summed E-state index contributed by atoms with van der Waals surface area (Å²) in [5.41, 5.74) is 14.1. The molecule has 0 bridgehead atoms. The van der Waals surface area contributed by atoms with Crippen LogP contribution in [0.2, 0.25) is 0 Å². The first-order valence-electron chi connectivity index (χ1n) is 18.3. The molecule has 305 valence electrons. The van der Waals surface area contributed by atoms with Gasteiger partial charge >= 0.3 is 56.6 Å². The Labute approximate surface area is 368 Å². The Balaban J connectivity index is 0.000000201. The number of fused-ring (bicyclic) bond motifs is 2. The average Bonchev–Trinajstić information content (AvgIpc) is 3.72. The molecule has 4 heterocycles. The third-order valence-corrected chi connectivity index (χ3v) is 9.16. The number of hydrogen-bond acceptors (Lipinski definition) is 9. The van der Waals surface area contributed by atoms with Crippen LogP contribution in [-0.4, -0.2) is 32.9 Å². The fourth-order valence-corrected chi connectivity index (χ4v) is 7.41. The summed E-state index contributed by atoms with van der Waals surface area (Å²) in [7, 11) is 0. The second kappa shape index (κ2) is 20.3. The van der Waals surface area contributed by atoms with Crippen LogP contribution in [0.4, 0.5) is 46.0 Å². The van der Waals surface area contributed by atoms with Gasteiger partial charge in [0, 0.05) is 54.1 Å². The first-order chi connectivity index (χ1) is 27.5. The van der Waals surface area contributed by atoms with Gasteiger partial charge in [-0.05, 0) is 155 Å². The van der Waals surface area contributed by atoms with Crippen molar-refractivity contribution in [2.45, 2.75) is 68.7 Å². The average molecular weight is 991 g/mol. The zero-order valence-corrected chi connectivity index (χ0v) is 38.5. The van der Waals surface area contributed by atoms with Crippen molar-refractivity contribution in [3.05, 3.63) is 149 Å². The second-order valence-electron chi connectivity index (χ2n) is 14.2. The van der Waals surface area contributed by atoms with Gasteiger partial charge in [0.15, 0.2) is 11.6 Å². The summed E-state index contributed by atoms with van der Waals surface area (Å²) in [6.45, 7) is 21.6. The van der Waals surface area contributed by atoms with E-state index in [0.717, 1.165) is 46.0 Å². The predicted octanol–water partition coefficient (Wildman–Crippen LogP) is 12.1. The van der Waals surface area contributed by atoms with Crippen LogP contribution in [-0.2, 0) is 33.1 Å². The van der Waals surface area contributed by atoms with Gasteiger partial charge in [-0.2, -0.15) is 0 Å². The summed E-state index contributed by atoms with van der Waals surface area (Å²) in [5.74, 6) is 3.33. The molecule has 4 aromatic carbocycles. The standard InChI is InChI=1S/C23H26N4O.C21H21N4.2BrH.2Cu/c1-6-28-23-26(19-11-15(2)9-16(3)12-19)21-22(25-8-7-24-21)27(23)20-13-17(4)10-18(5)14-20;1-14-7-15(2)10-18(9-14)24-13-25(21-20(24)22-5-6-23-21)19-11-16(3)8-17(4)12-19;;;;/h7-14,23H,6H2,1-5H3;5-13H,1-4H3;2*1H;;/q;-1;;;+1;+2/p-2. The van der Waals surface area contributed by atoms with E-state index in [4.69, 9.17) is 4.74 Å². The van der Waals surface area contributed by atoms with Gasteiger partial charge < -0.3 is 14.5 Å². The van der Waals surface area contributed by atoms with E-state index >= 15 is 0 Å². The van der Waals surface area contributed by atoms with Crippen molar-refractivity contribution >= 4 is 74.2 Å². The third-order valence-electron chi connectivity index (χ3n) is 9.16. The van der Waals surface area contributed by atoms with Crippen LogP contribution in [0.3, 0.4) is 0 Å². The SMILES string of the molecule is CCOC1N(c2cc(C)cc(C)c2)c2nccnc2N1c1cc(C)cc(C)c1.Cc1cc(C)cc(N2[CH-]N(c3cc(C)cc(C)c3)c3nccnc32)c1.[Cu+][Br].[Cu][Br]. The maximum absolute atomic E-state index is 6.25. The van der Waals surface area contributed by atoms with Gasteiger partial charge in [-0.1, -0.05) is 24.3 Å². The number of benzene rings is 4. The van der Waals surface area contributed by atoms with Gasteiger partial charge in [0.1, 0.15) is 11.6 Å². The van der Waals surface area contributed by atoms with Crippen molar-refractivity contribution in [2.24, 2.45) is 0 Å². The van der Waals surface area contributed by atoms with Crippen molar-refractivity contribution < 1.29 is 33.1 Å². The molecule has 0 atom stereocenters. The van der Waals surface area contributed by atoms with Crippen molar-refractivity contribution in [2.75, 3.05) is 26.2 Å². The summed E-state index contributed by atoms with van der Waals surface area (Å²) in [6, 6.07) is 26.1. The quantitative estimate of drug-likeness (QED) is 0.120. The van der Waals surface area contributed by atoms with Crippen molar-refractivity contribution in [3.63, 3.8) is 0 Å². The molecule has 13 heteroatoms. The number of anilines is 8. The van der Waals surface area contributed by atoms with Gasteiger partial charge in [0.25, 0.3) is 0 Å². The van der Waals surface area contributed by atoms with Crippen LogP contribution in [0.15, 0.2) is 97.6 Å². The number of aryl methyl sites for hydroxylation is 8. The zero-order valence-electron chi connectivity index (χ0n) is 33.4. The predicted molar refractivity (Wildman–Crippen MR) is 234 cm³/mol. The van der Waals surface area contributed by atoms with E-state index in [2.05, 4.69) is 231 Å². The van der Waals surface area contributed by atoms with Gasteiger partial charge in [-0.3, -0.25) is 9.80 Å². The van der Waals surface area contributed by atoms with Crippen molar-refractivity contribution in [3.8, 4) is 0 Å². The molecule has 2 aliphatic rings. The molecule has 0 saturated heterocycles. The van der Waals surface area contributed by atoms with Crippen LogP contribution in [0.5, 0.6) is 0 Å². The molecule has 6 aromatic rings. The molecular weight excluding hydrogens is 943 g/mol. The first-order valence-corrected chi connectivity index (χ1v) is 23.0. The second-order valence-corrected chi connectivity index (χ2v) is 14.2. The van der Waals surface area contributed by atoms with E-state index in [1.807, 2.05) is 6.92 Å². The van der Waals surface area contributed by atoms with Crippen LogP contribution in [0, 0.1) is 62.1 Å². The Morgan fingerprint density at radius 2 is 0.754 bits per heavy atom. The van der Waals surface area contributed by atoms with E-state index in [-0.39, 0.29) is 6.35 Å². The molecule has 0 aliphatic carbocycles. The first kappa shape index (κ1) is 44.3. The van der Waals surface area contributed by atoms with E-state index < -0.39 is 0 Å². The van der Waals surface area contributed by atoms with E-state index in [1.54, 1.807) is 24.8 Å². The number of aromatic nitrogens is 4. The normalized spacial score (nSPS) is 12.9. The van der Waals surface area contributed by atoms with Gasteiger partial charge in [0.05, 0.1) is 0 Å². The van der Waals surface area contributed by atoms with Gasteiger partial charge in [-0.15, -0.1) is 6.67 Å². The molecular formula is C44H47Br2Cu2N8O. The molecule has 0 radical (unpaired) electrons. The number of halogens is 2. The summed E-state index contributed by atoms with van der Waals surface area (Å²) in [5, 5.41) is 0. The summed E-state index contributed by atoms with van der Waals surface area (Å²) in [6.07, 6.45) is 6.62. The Hall–Kier alpha value is -3.80. The molecule has 0 spiro atoms. The van der Waals surface area contributed by atoms with Crippen LogP contribution < -0.4 is 19.6 Å². The van der Waals surface area contributed by atoms with Gasteiger partial charge in [-0.25, -0.2) is 19.9 Å². The number of ether oxygens (including phenoxy) is 1. The zero-order chi connectivity index (χ0) is 41.4. The Bertz CT molecular complexity index is 2080. The molecule has 0 N–H and O–H groups in total. The van der Waals surface area contributed by atoms with Crippen molar-refractivity contribution in [1.82, 2.24) is 19.9 Å². The summed E-state index contributed by atoms with van der Waals surface area (Å²) in [4.78, 5) is 27.0. The number of nitrogens with zero attached hydrogens (tertiary/aromatic N) is 8. The van der Waals surface area contributed by atoms with E-state index in [1.165, 1.54) is 44.5 Å². The maximum atomic E-state index is 6.25. The summed E-state index contributed by atoms with van der Waals surface area (Å²) >= 11 is 13.0. The van der Waals surface area contributed by atoms with Crippen LogP contribution >= 0.6 is 28.2 Å². The molecule has 8 rings (SSSR count).